The topological polar surface area (TPSA) is 54.5 Å². The highest BCUT2D eigenvalue weighted by atomic mass is 35.5. The molecular weight excluding hydrogens is 231 g/mol. The Morgan fingerprint density at radius 2 is 2.23 bits per heavy atom. The standard InChI is InChI=1S/C6H5ClN4S.ClH/c1-12-6-9-3-2-8-5(7)10-4(3)11-6;/h2H,1H3,(H,8,9,10,11);1H. The summed E-state index contributed by atoms with van der Waals surface area (Å²) in [6.45, 7) is 0. The van der Waals surface area contributed by atoms with Crippen LogP contribution in [0.5, 0.6) is 0 Å². The summed E-state index contributed by atoms with van der Waals surface area (Å²) in [5.74, 6) is 0. The van der Waals surface area contributed by atoms with Crippen LogP contribution in [0.15, 0.2) is 11.4 Å². The van der Waals surface area contributed by atoms with Gasteiger partial charge in [-0.05, 0) is 17.9 Å². The van der Waals surface area contributed by atoms with E-state index >= 15 is 0 Å². The van der Waals surface area contributed by atoms with Crippen LogP contribution in [0.25, 0.3) is 11.2 Å². The largest absolute Gasteiger partial charge is 0.330 e. The van der Waals surface area contributed by atoms with Crippen LogP contribution in [-0.4, -0.2) is 26.2 Å². The monoisotopic (exact) mass is 236 g/mol. The molecule has 7 heteroatoms. The molecule has 0 aliphatic carbocycles. The number of aromatic nitrogens is 4. The molecule has 0 aliphatic rings. The van der Waals surface area contributed by atoms with Crippen molar-refractivity contribution in [3.8, 4) is 0 Å². The first-order valence-corrected chi connectivity index (χ1v) is 4.82. The van der Waals surface area contributed by atoms with Gasteiger partial charge in [0, 0.05) is 0 Å². The molecule has 4 nitrogen and oxygen atoms in total. The SMILES string of the molecule is CSc1nc2nc(Cl)ncc2[nH]1.Cl. The van der Waals surface area contributed by atoms with Gasteiger partial charge in [-0.2, -0.15) is 4.98 Å². The quantitative estimate of drug-likeness (QED) is 0.609. The normalized spacial score (nSPS) is 10.0. The van der Waals surface area contributed by atoms with Gasteiger partial charge in [0.2, 0.25) is 5.28 Å². The molecule has 2 rings (SSSR count). The van der Waals surface area contributed by atoms with Crippen LogP contribution in [0.4, 0.5) is 0 Å². The van der Waals surface area contributed by atoms with Crippen LogP contribution in [0.2, 0.25) is 5.28 Å². The molecule has 1 N–H and O–H groups in total. The van der Waals surface area contributed by atoms with Crippen LogP contribution < -0.4 is 0 Å². The average Bonchev–Trinajstić information content (AvgIpc) is 2.46. The van der Waals surface area contributed by atoms with Gasteiger partial charge in [-0.25, -0.2) is 9.97 Å². The molecule has 2 aromatic rings. The number of thioether (sulfide) groups is 1. The van der Waals surface area contributed by atoms with Crippen molar-refractivity contribution in [1.82, 2.24) is 19.9 Å². The fraction of sp³-hybridized carbons (Fsp3) is 0.167. The lowest BCUT2D eigenvalue weighted by Crippen LogP contribution is -1.81. The molecular formula is C6H6Cl2N4S. The maximum atomic E-state index is 5.59. The fourth-order valence-electron chi connectivity index (χ4n) is 0.861. The highest BCUT2D eigenvalue weighted by molar-refractivity contribution is 7.98. The van der Waals surface area contributed by atoms with Crippen molar-refractivity contribution < 1.29 is 0 Å². The van der Waals surface area contributed by atoms with Gasteiger partial charge in [0.25, 0.3) is 0 Å². The first-order chi connectivity index (χ1) is 5.79. The number of nitrogens with one attached hydrogen (secondary N) is 1. The number of fused-ring (bicyclic) bond motifs is 1. The zero-order valence-electron chi connectivity index (χ0n) is 6.61. The number of hydrogen-bond acceptors (Lipinski definition) is 4. The zero-order valence-corrected chi connectivity index (χ0v) is 9.00. The minimum Gasteiger partial charge on any atom is -0.330 e. The average molecular weight is 237 g/mol. The molecule has 0 radical (unpaired) electrons. The Balaban J connectivity index is 0.000000845. The lowest BCUT2D eigenvalue weighted by Gasteiger charge is -1.85. The molecule has 70 valence electrons. The molecule has 0 saturated carbocycles. The highest BCUT2D eigenvalue weighted by Gasteiger charge is 2.03. The van der Waals surface area contributed by atoms with E-state index in [1.165, 1.54) is 11.8 Å². The van der Waals surface area contributed by atoms with Crippen LogP contribution in [0.1, 0.15) is 0 Å². The molecule has 2 aromatic heterocycles. The molecule has 0 amide bonds. The summed E-state index contributed by atoms with van der Waals surface area (Å²) in [5, 5.41) is 1.04. The number of aromatic amines is 1. The molecule has 0 aliphatic heterocycles. The van der Waals surface area contributed by atoms with Crippen LogP contribution in [0.3, 0.4) is 0 Å². The smallest absolute Gasteiger partial charge is 0.224 e. The number of H-pyrrole nitrogens is 1. The predicted molar refractivity (Wildman–Crippen MR) is 55.7 cm³/mol. The van der Waals surface area contributed by atoms with Crippen molar-refractivity contribution in [1.29, 1.82) is 0 Å². The molecule has 2 heterocycles. The summed E-state index contributed by atoms with van der Waals surface area (Å²) >= 11 is 7.11. The van der Waals surface area contributed by atoms with Gasteiger partial charge in [-0.15, -0.1) is 12.4 Å². The minimum atomic E-state index is 0. The van der Waals surface area contributed by atoms with Gasteiger partial charge in [0.15, 0.2) is 10.8 Å². The maximum absolute atomic E-state index is 5.59. The molecule has 0 saturated heterocycles. The third-order valence-corrected chi connectivity index (χ3v) is 2.14. The maximum Gasteiger partial charge on any atom is 0.224 e. The molecule has 13 heavy (non-hydrogen) atoms. The second-order valence-corrected chi connectivity index (χ2v) is 3.26. The number of halogens is 2. The van der Waals surface area contributed by atoms with Gasteiger partial charge < -0.3 is 4.98 Å². The Labute approximate surface area is 89.9 Å². The van der Waals surface area contributed by atoms with E-state index in [9.17, 15) is 0 Å². The molecule has 0 bridgehead atoms. The van der Waals surface area contributed by atoms with E-state index in [1.54, 1.807) is 6.20 Å². The highest BCUT2D eigenvalue weighted by Crippen LogP contribution is 2.15. The van der Waals surface area contributed by atoms with Crippen molar-refractivity contribution >= 4 is 46.9 Å². The van der Waals surface area contributed by atoms with E-state index in [0.717, 1.165) is 10.7 Å². The number of nitrogens with zero attached hydrogens (tertiary/aromatic N) is 3. The van der Waals surface area contributed by atoms with E-state index in [2.05, 4.69) is 19.9 Å². The van der Waals surface area contributed by atoms with E-state index in [4.69, 9.17) is 11.6 Å². The summed E-state index contributed by atoms with van der Waals surface area (Å²) in [7, 11) is 0. The molecule has 0 fully saturated rings. The third kappa shape index (κ3) is 2.04. The summed E-state index contributed by atoms with van der Waals surface area (Å²) < 4.78 is 0. The van der Waals surface area contributed by atoms with Crippen molar-refractivity contribution in [2.45, 2.75) is 5.16 Å². The summed E-state index contributed by atoms with van der Waals surface area (Å²) in [4.78, 5) is 15.0. The molecule has 0 unspecified atom stereocenters. The lowest BCUT2D eigenvalue weighted by atomic mass is 10.6. The summed E-state index contributed by atoms with van der Waals surface area (Å²) in [6.07, 6.45) is 3.56. The Bertz CT molecular complexity index is 416. The Morgan fingerprint density at radius 3 is 2.92 bits per heavy atom. The molecule has 0 atom stereocenters. The van der Waals surface area contributed by atoms with Gasteiger partial charge in [0.1, 0.15) is 5.52 Å². The predicted octanol–water partition coefficient (Wildman–Crippen LogP) is 2.15. The first-order valence-electron chi connectivity index (χ1n) is 3.22. The Hall–Kier alpha value is -0.520. The van der Waals surface area contributed by atoms with E-state index < -0.39 is 0 Å². The summed E-state index contributed by atoms with van der Waals surface area (Å²) in [5.41, 5.74) is 1.42. The van der Waals surface area contributed by atoms with Crippen LogP contribution >= 0.6 is 35.8 Å². The van der Waals surface area contributed by atoms with Gasteiger partial charge in [-0.1, -0.05) is 11.8 Å². The number of rotatable bonds is 1. The molecule has 0 spiro atoms. The first kappa shape index (κ1) is 10.6. The Morgan fingerprint density at radius 1 is 1.46 bits per heavy atom. The van der Waals surface area contributed by atoms with E-state index in [-0.39, 0.29) is 17.7 Å². The third-order valence-electron chi connectivity index (χ3n) is 1.38. The van der Waals surface area contributed by atoms with Gasteiger partial charge >= 0.3 is 0 Å². The fourth-order valence-corrected chi connectivity index (χ4v) is 1.38. The lowest BCUT2D eigenvalue weighted by molar-refractivity contribution is 1.08. The second-order valence-electron chi connectivity index (χ2n) is 2.12. The van der Waals surface area contributed by atoms with Crippen LogP contribution in [-0.2, 0) is 0 Å². The van der Waals surface area contributed by atoms with E-state index in [1.807, 2.05) is 6.26 Å². The van der Waals surface area contributed by atoms with Crippen molar-refractivity contribution in [2.75, 3.05) is 6.26 Å². The van der Waals surface area contributed by atoms with Crippen molar-refractivity contribution in [2.24, 2.45) is 0 Å². The zero-order chi connectivity index (χ0) is 8.55. The minimum absolute atomic E-state index is 0. The Kier molecular flexibility index (Phi) is 3.35. The number of imidazole rings is 1. The summed E-state index contributed by atoms with van der Waals surface area (Å²) in [6, 6.07) is 0. The number of hydrogen-bond donors (Lipinski definition) is 1. The second kappa shape index (κ2) is 4.13. The van der Waals surface area contributed by atoms with Crippen molar-refractivity contribution in [3.05, 3.63) is 11.5 Å². The van der Waals surface area contributed by atoms with E-state index in [0.29, 0.717) is 5.65 Å². The van der Waals surface area contributed by atoms with Crippen molar-refractivity contribution in [3.63, 3.8) is 0 Å². The van der Waals surface area contributed by atoms with Crippen LogP contribution in [0, 0.1) is 0 Å². The van der Waals surface area contributed by atoms with Gasteiger partial charge in [-0.3, -0.25) is 0 Å². The van der Waals surface area contributed by atoms with Gasteiger partial charge in [0.05, 0.1) is 6.20 Å². The molecule has 0 aromatic carbocycles.